The van der Waals surface area contributed by atoms with Crippen LogP contribution < -0.4 is 4.90 Å². The molecule has 0 N–H and O–H groups in total. The zero-order chi connectivity index (χ0) is 10.8. The van der Waals surface area contributed by atoms with Crippen LogP contribution >= 0.6 is 0 Å². The second-order valence-corrected chi connectivity index (χ2v) is 4.18. The smallest absolute Gasteiger partial charge is 0.0766 e. The van der Waals surface area contributed by atoms with E-state index in [0.29, 0.717) is 0 Å². The Hall–Kier alpha value is -1.49. The van der Waals surface area contributed by atoms with Crippen LogP contribution in [0.1, 0.15) is 19.4 Å². The van der Waals surface area contributed by atoms with E-state index in [-0.39, 0.29) is 0 Å². The van der Waals surface area contributed by atoms with Crippen molar-refractivity contribution < 1.29 is 0 Å². The van der Waals surface area contributed by atoms with Gasteiger partial charge >= 0.3 is 0 Å². The molecule has 1 aromatic rings. The molecule has 74 valence electrons. The van der Waals surface area contributed by atoms with Crippen molar-refractivity contribution >= 4 is 5.69 Å². The van der Waals surface area contributed by atoms with Crippen LogP contribution in [0.5, 0.6) is 0 Å². The van der Waals surface area contributed by atoms with E-state index < -0.39 is 5.41 Å². The molecule has 14 heavy (non-hydrogen) atoms. The van der Waals surface area contributed by atoms with E-state index in [4.69, 9.17) is 5.26 Å². The van der Waals surface area contributed by atoms with Crippen molar-refractivity contribution in [3.63, 3.8) is 0 Å². The Morgan fingerprint density at radius 3 is 2.00 bits per heavy atom. The summed E-state index contributed by atoms with van der Waals surface area (Å²) < 4.78 is 0. The third kappa shape index (κ3) is 2.05. The van der Waals surface area contributed by atoms with E-state index in [2.05, 4.69) is 6.07 Å². The van der Waals surface area contributed by atoms with Crippen LogP contribution in [0.4, 0.5) is 5.69 Å². The third-order valence-electron chi connectivity index (χ3n) is 2.38. The summed E-state index contributed by atoms with van der Waals surface area (Å²) >= 11 is 0. The van der Waals surface area contributed by atoms with E-state index in [1.54, 1.807) is 0 Å². The van der Waals surface area contributed by atoms with Gasteiger partial charge in [-0.25, -0.2) is 0 Å². The van der Waals surface area contributed by atoms with Gasteiger partial charge in [-0.15, -0.1) is 0 Å². The highest BCUT2D eigenvalue weighted by atomic mass is 15.1. The maximum Gasteiger partial charge on any atom is 0.0766 e. The van der Waals surface area contributed by atoms with Crippen LogP contribution in [-0.4, -0.2) is 14.1 Å². The van der Waals surface area contributed by atoms with Crippen LogP contribution in [-0.2, 0) is 5.41 Å². The van der Waals surface area contributed by atoms with Crippen molar-refractivity contribution in [2.45, 2.75) is 19.3 Å². The lowest BCUT2D eigenvalue weighted by Crippen LogP contribution is -2.14. The monoisotopic (exact) mass is 188 g/mol. The summed E-state index contributed by atoms with van der Waals surface area (Å²) in [4.78, 5) is 2.04. The molecule has 0 amide bonds. The number of hydrogen-bond acceptors (Lipinski definition) is 2. The first-order valence-corrected chi connectivity index (χ1v) is 4.66. The van der Waals surface area contributed by atoms with Gasteiger partial charge in [0.1, 0.15) is 0 Å². The summed E-state index contributed by atoms with van der Waals surface area (Å²) in [6.07, 6.45) is 0. The van der Waals surface area contributed by atoms with Gasteiger partial charge in [0.15, 0.2) is 0 Å². The van der Waals surface area contributed by atoms with Crippen LogP contribution in [0.2, 0.25) is 0 Å². The first-order valence-electron chi connectivity index (χ1n) is 4.66. The Labute approximate surface area is 85.8 Å². The lowest BCUT2D eigenvalue weighted by molar-refractivity contribution is 0.687. The highest BCUT2D eigenvalue weighted by Crippen LogP contribution is 2.24. The zero-order valence-electron chi connectivity index (χ0n) is 9.20. The molecule has 2 heteroatoms. The van der Waals surface area contributed by atoms with Gasteiger partial charge in [0.2, 0.25) is 0 Å². The molecule has 0 unspecified atom stereocenters. The van der Waals surface area contributed by atoms with Gasteiger partial charge in [-0.1, -0.05) is 12.1 Å². The van der Waals surface area contributed by atoms with E-state index in [1.807, 2.05) is 57.1 Å². The first-order chi connectivity index (χ1) is 6.47. The summed E-state index contributed by atoms with van der Waals surface area (Å²) in [6, 6.07) is 10.4. The summed E-state index contributed by atoms with van der Waals surface area (Å²) in [5, 5.41) is 8.97. The first kappa shape index (κ1) is 10.6. The summed E-state index contributed by atoms with van der Waals surface area (Å²) in [6.45, 7) is 3.86. The average molecular weight is 188 g/mol. The molecule has 1 aromatic carbocycles. The standard InChI is InChI=1S/C12H16N2/c1-12(2,9-13)10-5-7-11(8-6-10)14(3)4/h5-8H,1-4H3. The molecule has 0 aromatic heterocycles. The van der Waals surface area contributed by atoms with Crippen LogP contribution in [0.25, 0.3) is 0 Å². The maximum atomic E-state index is 8.97. The van der Waals surface area contributed by atoms with Crippen molar-refractivity contribution in [3.8, 4) is 6.07 Å². The number of nitrogens with zero attached hydrogens (tertiary/aromatic N) is 2. The highest BCUT2D eigenvalue weighted by molar-refractivity contribution is 5.48. The lowest BCUT2D eigenvalue weighted by Gasteiger charge is -2.18. The Balaban J connectivity index is 3.01. The maximum absolute atomic E-state index is 8.97. The molecule has 0 atom stereocenters. The lowest BCUT2D eigenvalue weighted by atomic mass is 9.86. The molecule has 0 bridgehead atoms. The quantitative estimate of drug-likeness (QED) is 0.713. The molecule has 0 fully saturated rings. The van der Waals surface area contributed by atoms with E-state index >= 15 is 0 Å². The number of hydrogen-bond donors (Lipinski definition) is 0. The molecule has 0 spiro atoms. The number of rotatable bonds is 2. The Morgan fingerprint density at radius 1 is 1.14 bits per heavy atom. The van der Waals surface area contributed by atoms with Gasteiger partial charge in [0.05, 0.1) is 11.5 Å². The minimum Gasteiger partial charge on any atom is -0.378 e. The van der Waals surface area contributed by atoms with Gasteiger partial charge in [-0.3, -0.25) is 0 Å². The molecule has 0 saturated carbocycles. The van der Waals surface area contributed by atoms with E-state index in [1.165, 1.54) is 0 Å². The SMILES string of the molecule is CN(C)c1ccc(C(C)(C)C#N)cc1. The Morgan fingerprint density at radius 2 is 1.64 bits per heavy atom. The van der Waals surface area contributed by atoms with Gasteiger partial charge in [-0.05, 0) is 31.5 Å². The second-order valence-electron chi connectivity index (χ2n) is 4.18. The minimum atomic E-state index is -0.398. The molecule has 0 aliphatic heterocycles. The fourth-order valence-corrected chi connectivity index (χ4v) is 1.24. The van der Waals surface area contributed by atoms with Gasteiger partial charge < -0.3 is 4.90 Å². The Kier molecular flexibility index (Phi) is 2.81. The van der Waals surface area contributed by atoms with Gasteiger partial charge in [-0.2, -0.15) is 5.26 Å². The minimum absolute atomic E-state index is 0.398. The zero-order valence-corrected chi connectivity index (χ0v) is 9.20. The molecule has 2 nitrogen and oxygen atoms in total. The van der Waals surface area contributed by atoms with Crippen molar-refractivity contribution in [2.24, 2.45) is 0 Å². The summed E-state index contributed by atoms with van der Waals surface area (Å²) in [7, 11) is 4.01. The van der Waals surface area contributed by atoms with Crippen molar-refractivity contribution in [1.82, 2.24) is 0 Å². The highest BCUT2D eigenvalue weighted by Gasteiger charge is 2.18. The largest absolute Gasteiger partial charge is 0.378 e. The molecule has 1 rings (SSSR count). The van der Waals surface area contributed by atoms with E-state index in [9.17, 15) is 0 Å². The number of anilines is 1. The van der Waals surface area contributed by atoms with Gasteiger partial charge in [0.25, 0.3) is 0 Å². The molecule has 0 saturated heterocycles. The second kappa shape index (κ2) is 3.71. The van der Waals surface area contributed by atoms with Crippen LogP contribution in [0.15, 0.2) is 24.3 Å². The molecule has 0 heterocycles. The number of nitriles is 1. The van der Waals surface area contributed by atoms with Crippen molar-refractivity contribution in [1.29, 1.82) is 5.26 Å². The molecule has 0 radical (unpaired) electrons. The summed E-state index contributed by atoms with van der Waals surface area (Å²) in [5.74, 6) is 0. The average Bonchev–Trinajstić information content (AvgIpc) is 2.18. The summed E-state index contributed by atoms with van der Waals surface area (Å²) in [5.41, 5.74) is 1.82. The number of benzene rings is 1. The molecule has 0 aliphatic carbocycles. The van der Waals surface area contributed by atoms with Crippen LogP contribution in [0, 0.1) is 11.3 Å². The third-order valence-corrected chi connectivity index (χ3v) is 2.38. The topological polar surface area (TPSA) is 27.0 Å². The fraction of sp³-hybridized carbons (Fsp3) is 0.417. The Bertz CT molecular complexity index is 342. The van der Waals surface area contributed by atoms with Crippen molar-refractivity contribution in [3.05, 3.63) is 29.8 Å². The molecular weight excluding hydrogens is 172 g/mol. The molecule has 0 aliphatic rings. The van der Waals surface area contributed by atoms with E-state index in [0.717, 1.165) is 11.3 Å². The van der Waals surface area contributed by atoms with Crippen LogP contribution in [0.3, 0.4) is 0 Å². The fourth-order valence-electron chi connectivity index (χ4n) is 1.24. The predicted octanol–water partition coefficient (Wildman–Crippen LogP) is 2.55. The predicted molar refractivity (Wildman–Crippen MR) is 59.4 cm³/mol. The van der Waals surface area contributed by atoms with Crippen molar-refractivity contribution in [2.75, 3.05) is 19.0 Å². The normalized spacial score (nSPS) is 10.8. The van der Waals surface area contributed by atoms with Gasteiger partial charge in [0, 0.05) is 19.8 Å². The molecular formula is C12H16N2.